The van der Waals surface area contributed by atoms with Crippen molar-refractivity contribution in [1.29, 1.82) is 0 Å². The number of para-hydroxylation sites is 2. The number of hydrogen-bond donors (Lipinski definition) is 0. The predicted molar refractivity (Wildman–Crippen MR) is 89.3 cm³/mol. The maximum atomic E-state index is 13.0. The van der Waals surface area contributed by atoms with Crippen molar-refractivity contribution in [3.63, 3.8) is 0 Å². The lowest BCUT2D eigenvalue weighted by atomic mass is 10.1. The average Bonchev–Trinajstić information content (AvgIpc) is 2.61. The van der Waals surface area contributed by atoms with E-state index in [0.29, 0.717) is 4.73 Å². The number of hydrogen-bond acceptors (Lipinski definition) is 3. The highest BCUT2D eigenvalue weighted by molar-refractivity contribution is 5.73. The Balaban J connectivity index is 2.33. The van der Waals surface area contributed by atoms with E-state index in [1.165, 1.54) is 24.3 Å². The van der Waals surface area contributed by atoms with Crippen LogP contribution in [0.5, 0.6) is 0 Å². The van der Waals surface area contributed by atoms with Crippen molar-refractivity contribution in [3.05, 3.63) is 82.3 Å². The van der Waals surface area contributed by atoms with Crippen molar-refractivity contribution >= 4 is 11.0 Å². The molecule has 0 N–H and O–H groups in total. The first-order chi connectivity index (χ1) is 12.3. The quantitative estimate of drug-likeness (QED) is 0.407. The van der Waals surface area contributed by atoms with E-state index < -0.39 is 23.0 Å². The molecule has 0 spiro atoms. The molecule has 0 fully saturated rings. The number of halogens is 3. The Bertz CT molecular complexity index is 1040. The summed E-state index contributed by atoms with van der Waals surface area (Å²) in [6.07, 6.45) is -3.19. The highest BCUT2D eigenvalue weighted by Crippen LogP contribution is 2.31. The van der Waals surface area contributed by atoms with Crippen LogP contribution in [-0.2, 0) is 6.18 Å². The Kier molecular flexibility index (Phi) is 4.41. The highest BCUT2D eigenvalue weighted by Gasteiger charge is 2.32. The third-order valence-corrected chi connectivity index (χ3v) is 3.69. The molecule has 0 radical (unpaired) electrons. The zero-order valence-corrected chi connectivity index (χ0v) is 13.4. The topological polar surface area (TPSA) is 58.2 Å². The van der Waals surface area contributed by atoms with Crippen molar-refractivity contribution in [2.45, 2.75) is 6.18 Å². The molecule has 8 heteroatoms. The normalized spacial score (nSPS) is 11.5. The maximum Gasteiger partial charge on any atom is 0.416 e. The summed E-state index contributed by atoms with van der Waals surface area (Å²) in [5.74, 6) is 0. The minimum atomic E-state index is -4.60. The fourth-order valence-electron chi connectivity index (χ4n) is 2.56. The third kappa shape index (κ3) is 3.01. The number of aromatic nitrogens is 2. The molecule has 5 nitrogen and oxygen atoms in total. The van der Waals surface area contributed by atoms with Crippen molar-refractivity contribution in [3.8, 4) is 11.3 Å². The molecule has 3 aromatic rings. The van der Waals surface area contributed by atoms with Crippen LogP contribution < -0.4 is 15.1 Å². The molecule has 0 saturated heterocycles. The molecule has 134 valence electrons. The van der Waals surface area contributed by atoms with Gasteiger partial charge >= 0.3 is 11.7 Å². The zero-order valence-electron chi connectivity index (χ0n) is 13.4. The summed E-state index contributed by atoms with van der Waals surface area (Å²) in [5.41, 5.74) is -2.14. The molecule has 0 aliphatic rings. The molecular formula is C18H13F3N2O3. The molecule has 26 heavy (non-hydrogen) atoms. The van der Waals surface area contributed by atoms with Gasteiger partial charge in [0.15, 0.2) is 5.52 Å². The molecule has 0 amide bonds. The summed E-state index contributed by atoms with van der Waals surface area (Å²) in [4.78, 5) is 18.1. The van der Waals surface area contributed by atoms with Gasteiger partial charge in [-0.2, -0.15) is 17.9 Å². The van der Waals surface area contributed by atoms with Gasteiger partial charge in [-0.1, -0.05) is 30.9 Å². The number of nitrogens with zero attached hydrogens (tertiary/aromatic N) is 2. The first kappa shape index (κ1) is 17.5. The van der Waals surface area contributed by atoms with E-state index in [2.05, 4.69) is 6.58 Å². The third-order valence-electron chi connectivity index (χ3n) is 3.69. The molecule has 1 aromatic heterocycles. The van der Waals surface area contributed by atoms with Gasteiger partial charge in [-0.25, -0.2) is 0 Å². The Morgan fingerprint density at radius 3 is 2.62 bits per heavy atom. The fraction of sp³-hybridized carbons (Fsp3) is 0.111. The summed E-state index contributed by atoms with van der Waals surface area (Å²) in [6, 6.07) is 10.2. The monoisotopic (exact) mass is 362 g/mol. The minimum Gasteiger partial charge on any atom is -0.618 e. The first-order valence-electron chi connectivity index (χ1n) is 7.53. The molecule has 3 rings (SSSR count). The molecule has 2 aromatic carbocycles. The smallest absolute Gasteiger partial charge is 0.416 e. The van der Waals surface area contributed by atoms with E-state index in [9.17, 15) is 23.2 Å². The van der Waals surface area contributed by atoms with Crippen LogP contribution in [0.1, 0.15) is 5.56 Å². The van der Waals surface area contributed by atoms with Crippen LogP contribution >= 0.6 is 0 Å². The molecule has 0 bridgehead atoms. The Labute approximate surface area is 145 Å². The fourth-order valence-corrected chi connectivity index (χ4v) is 2.56. The van der Waals surface area contributed by atoms with Crippen LogP contribution in [0.2, 0.25) is 0 Å². The second-order valence-corrected chi connectivity index (χ2v) is 5.39. The van der Waals surface area contributed by atoms with Gasteiger partial charge < -0.3 is 10.0 Å². The SMILES string of the molecule is C=CCOn1c(=O)c(-c2cccc(C(F)(F)F)c2)[n+]([O-])c2ccccc21. The van der Waals surface area contributed by atoms with E-state index in [1.807, 2.05) is 0 Å². The van der Waals surface area contributed by atoms with E-state index in [4.69, 9.17) is 4.84 Å². The summed E-state index contributed by atoms with van der Waals surface area (Å²) in [7, 11) is 0. The number of rotatable bonds is 4. The van der Waals surface area contributed by atoms with Crippen molar-refractivity contribution in [2.24, 2.45) is 0 Å². The van der Waals surface area contributed by atoms with E-state index in [-0.39, 0.29) is 23.2 Å². The van der Waals surface area contributed by atoms with Gasteiger partial charge in [-0.05, 0) is 24.3 Å². The van der Waals surface area contributed by atoms with E-state index >= 15 is 0 Å². The van der Waals surface area contributed by atoms with Crippen molar-refractivity contribution in [1.82, 2.24) is 4.73 Å². The maximum absolute atomic E-state index is 13.0. The van der Waals surface area contributed by atoms with Gasteiger partial charge in [-0.3, -0.25) is 4.79 Å². The van der Waals surface area contributed by atoms with Crippen LogP contribution in [0.15, 0.2) is 66.0 Å². The zero-order chi connectivity index (χ0) is 18.9. The van der Waals surface area contributed by atoms with Gasteiger partial charge in [0.25, 0.3) is 5.69 Å². The lowest BCUT2D eigenvalue weighted by Gasteiger charge is -2.14. The molecule has 1 heterocycles. The van der Waals surface area contributed by atoms with Gasteiger partial charge in [0.2, 0.25) is 5.52 Å². The molecule has 0 unspecified atom stereocenters. The van der Waals surface area contributed by atoms with Crippen molar-refractivity contribution < 1.29 is 22.7 Å². The minimum absolute atomic E-state index is 0.0190. The Morgan fingerprint density at radius 2 is 1.92 bits per heavy atom. The Hall–Kier alpha value is -3.29. The second-order valence-electron chi connectivity index (χ2n) is 5.39. The van der Waals surface area contributed by atoms with Crippen LogP contribution in [0.4, 0.5) is 13.2 Å². The van der Waals surface area contributed by atoms with E-state index in [1.54, 1.807) is 12.1 Å². The van der Waals surface area contributed by atoms with Gasteiger partial charge in [0.1, 0.15) is 6.61 Å². The van der Waals surface area contributed by atoms with Crippen LogP contribution in [0.25, 0.3) is 22.3 Å². The van der Waals surface area contributed by atoms with Crippen LogP contribution in [0.3, 0.4) is 0 Å². The van der Waals surface area contributed by atoms with Gasteiger partial charge in [0.05, 0.1) is 11.1 Å². The predicted octanol–water partition coefficient (Wildman–Crippen LogP) is 2.94. The van der Waals surface area contributed by atoms with Crippen LogP contribution in [-0.4, -0.2) is 11.3 Å². The summed E-state index contributed by atoms with van der Waals surface area (Å²) < 4.78 is 40.1. The highest BCUT2D eigenvalue weighted by atomic mass is 19.4. The number of alkyl halides is 3. The van der Waals surface area contributed by atoms with Crippen LogP contribution in [0, 0.1) is 5.21 Å². The lowest BCUT2D eigenvalue weighted by molar-refractivity contribution is -0.566. The second kappa shape index (κ2) is 6.55. The molecule has 0 saturated carbocycles. The Morgan fingerprint density at radius 1 is 1.19 bits per heavy atom. The molecule has 0 aliphatic heterocycles. The van der Waals surface area contributed by atoms with E-state index in [0.717, 1.165) is 22.9 Å². The van der Waals surface area contributed by atoms with Gasteiger partial charge in [0, 0.05) is 6.07 Å². The molecule has 0 aliphatic carbocycles. The molecule has 0 atom stereocenters. The molecular weight excluding hydrogens is 349 g/mol. The number of fused-ring (bicyclic) bond motifs is 1. The summed E-state index contributed by atoms with van der Waals surface area (Å²) in [6.45, 7) is 3.47. The largest absolute Gasteiger partial charge is 0.618 e. The number of benzene rings is 2. The standard InChI is InChI=1S/C18H13F3N2O3/c1-2-10-26-23-15-9-4-3-8-14(15)22(25)16(17(23)24)12-6-5-7-13(11-12)18(19,20)21/h2-9,11H,1,10H2. The summed E-state index contributed by atoms with van der Waals surface area (Å²) in [5, 5.41) is 12.7. The lowest BCUT2D eigenvalue weighted by Crippen LogP contribution is -2.43. The first-order valence-corrected chi connectivity index (χ1v) is 7.53. The average molecular weight is 362 g/mol. The summed E-state index contributed by atoms with van der Waals surface area (Å²) >= 11 is 0. The van der Waals surface area contributed by atoms with Gasteiger partial charge in [-0.15, -0.1) is 4.73 Å². The van der Waals surface area contributed by atoms with Crippen molar-refractivity contribution in [2.75, 3.05) is 6.61 Å².